The van der Waals surface area contributed by atoms with E-state index in [-0.39, 0.29) is 12.0 Å². The van der Waals surface area contributed by atoms with Gasteiger partial charge in [0.1, 0.15) is 0 Å². The summed E-state index contributed by atoms with van der Waals surface area (Å²) in [6, 6.07) is 67.4. The Kier molecular flexibility index (Phi) is 6.91. The van der Waals surface area contributed by atoms with Crippen molar-refractivity contribution in [2.24, 2.45) is 0 Å². The van der Waals surface area contributed by atoms with E-state index in [9.17, 15) is 0 Å². The molecule has 0 saturated heterocycles. The van der Waals surface area contributed by atoms with Crippen LogP contribution in [0.2, 0.25) is 0 Å². The smallest absolute Gasteiger partial charge is 0.0782 e. The monoisotopic (exact) mass is 747 g/mol. The van der Waals surface area contributed by atoms with Crippen molar-refractivity contribution >= 4 is 49.3 Å². The number of para-hydroxylation sites is 1. The van der Waals surface area contributed by atoms with Gasteiger partial charge in [-0.3, -0.25) is 0 Å². The molecule has 4 aliphatic rings. The third-order valence-corrected chi connectivity index (χ3v) is 13.3. The van der Waals surface area contributed by atoms with Crippen molar-refractivity contribution in [3.05, 3.63) is 235 Å². The molecule has 13 rings (SSSR count). The molecule has 9 aromatic carbocycles. The van der Waals surface area contributed by atoms with E-state index in [0.717, 1.165) is 0 Å². The van der Waals surface area contributed by atoms with E-state index in [4.69, 9.17) is 0 Å². The lowest BCUT2D eigenvalue weighted by Crippen LogP contribution is -2.35. The maximum Gasteiger partial charge on any atom is 0.0782 e. The number of hydrogen-bond acceptors (Lipinski definition) is 1. The van der Waals surface area contributed by atoms with Crippen LogP contribution < -0.4 is 4.90 Å². The second-order valence-electron chi connectivity index (χ2n) is 16.2. The Morgan fingerprint density at radius 1 is 0.424 bits per heavy atom. The molecular weight excluding hydrogens is 711 g/mol. The van der Waals surface area contributed by atoms with Crippen molar-refractivity contribution in [2.45, 2.75) is 12.0 Å². The Morgan fingerprint density at radius 3 is 1.71 bits per heavy atom. The van der Waals surface area contributed by atoms with Crippen LogP contribution in [0.15, 0.2) is 224 Å². The van der Waals surface area contributed by atoms with Crippen molar-refractivity contribution in [1.82, 2.24) is 0 Å². The largest absolute Gasteiger partial charge is 0.330 e. The van der Waals surface area contributed by atoms with Gasteiger partial charge in [-0.05, 0) is 129 Å². The van der Waals surface area contributed by atoms with E-state index >= 15 is 0 Å². The van der Waals surface area contributed by atoms with E-state index in [1.807, 2.05) is 0 Å². The summed E-state index contributed by atoms with van der Waals surface area (Å²) < 4.78 is 0. The molecule has 0 amide bonds. The summed E-state index contributed by atoms with van der Waals surface area (Å²) in [5.41, 5.74) is 19.7. The Bertz CT molecular complexity index is 3270. The van der Waals surface area contributed by atoms with Crippen molar-refractivity contribution < 1.29 is 0 Å². The normalized spacial score (nSPS) is 16.7. The van der Waals surface area contributed by atoms with Crippen LogP contribution in [0.5, 0.6) is 0 Å². The summed E-state index contributed by atoms with van der Waals surface area (Å²) in [4.78, 5) is 2.53. The number of benzene rings is 9. The van der Waals surface area contributed by atoms with Crippen molar-refractivity contribution in [3.63, 3.8) is 0 Å². The molecule has 2 atom stereocenters. The molecule has 0 radical (unpaired) electrons. The molecule has 274 valence electrons. The Morgan fingerprint density at radius 2 is 1.02 bits per heavy atom. The lowest BCUT2D eigenvalue weighted by molar-refractivity contribution is 0.845. The lowest BCUT2D eigenvalue weighted by Gasteiger charge is -2.41. The molecule has 0 spiro atoms. The van der Waals surface area contributed by atoms with Crippen LogP contribution in [0.1, 0.15) is 17.0 Å². The van der Waals surface area contributed by atoms with Gasteiger partial charge in [-0.15, -0.1) is 0 Å². The number of allylic oxidation sites excluding steroid dienone is 5. The van der Waals surface area contributed by atoms with E-state index in [2.05, 4.69) is 217 Å². The Labute approximate surface area is 343 Å². The van der Waals surface area contributed by atoms with Crippen molar-refractivity contribution in [2.75, 3.05) is 4.90 Å². The Hall–Kier alpha value is -7.48. The topological polar surface area (TPSA) is 3.24 Å². The zero-order valence-corrected chi connectivity index (χ0v) is 32.3. The fourth-order valence-electron chi connectivity index (χ4n) is 10.9. The van der Waals surface area contributed by atoms with Gasteiger partial charge in [-0.2, -0.15) is 0 Å². The zero-order chi connectivity index (χ0) is 38.6. The van der Waals surface area contributed by atoms with Gasteiger partial charge in [-0.25, -0.2) is 0 Å². The average Bonchev–Trinajstić information content (AvgIpc) is 3.64. The van der Waals surface area contributed by atoms with Crippen molar-refractivity contribution in [1.29, 1.82) is 0 Å². The molecule has 0 aliphatic heterocycles. The van der Waals surface area contributed by atoms with Crippen LogP contribution in [0.4, 0.5) is 11.4 Å². The van der Waals surface area contributed by atoms with Gasteiger partial charge in [0.15, 0.2) is 0 Å². The highest BCUT2D eigenvalue weighted by molar-refractivity contribution is 6.29. The molecule has 2 unspecified atom stereocenters. The first-order chi connectivity index (χ1) is 29.3. The van der Waals surface area contributed by atoms with Crippen LogP contribution in [0, 0.1) is 0 Å². The molecule has 4 aliphatic carbocycles. The van der Waals surface area contributed by atoms with Gasteiger partial charge in [0.25, 0.3) is 0 Å². The standard InChI is InChI=1S/C58H37N/c1-4-16-37(17-5-1)52-42-23-12-13-24-43(42)53(38-18-6-2-7-19-38)58-50-32-30-47-45-33-34-51(48-26-14-25-44(54(45)48)46-29-31-49(57(52)58)56(50)55(46)47)59(40-21-8-3-9-22-40)41-28-27-36-15-10-11-20-39(36)35-41/h1-35,44,51H. The lowest BCUT2D eigenvalue weighted by atomic mass is 9.68. The molecule has 0 saturated carbocycles. The highest BCUT2D eigenvalue weighted by Crippen LogP contribution is 2.61. The minimum atomic E-state index is 0.0228. The van der Waals surface area contributed by atoms with Gasteiger partial charge in [0.05, 0.1) is 6.04 Å². The molecule has 0 heterocycles. The number of anilines is 2. The molecular formula is C58H37N. The summed E-state index contributed by atoms with van der Waals surface area (Å²) in [7, 11) is 0. The minimum absolute atomic E-state index is 0.0228. The second kappa shape index (κ2) is 12.5. The summed E-state index contributed by atoms with van der Waals surface area (Å²) in [5, 5.41) is 7.86. The minimum Gasteiger partial charge on any atom is -0.330 e. The SMILES string of the molecule is C1=CC2C3=C(C=CC(N(c4ccccc4)c4ccc5ccccc5c4)C3=C1)c1ccc3c4c(ccc2c14)-c1c-3c(-c2ccccc2)c2ccccc2c1-c1ccccc1. The van der Waals surface area contributed by atoms with E-state index < -0.39 is 0 Å². The summed E-state index contributed by atoms with van der Waals surface area (Å²) >= 11 is 0. The maximum atomic E-state index is 2.53. The third kappa shape index (κ3) is 4.62. The molecule has 59 heavy (non-hydrogen) atoms. The highest BCUT2D eigenvalue weighted by Gasteiger charge is 2.40. The van der Waals surface area contributed by atoms with Crippen LogP contribution >= 0.6 is 0 Å². The molecule has 0 N–H and O–H groups in total. The van der Waals surface area contributed by atoms with Gasteiger partial charge < -0.3 is 4.90 Å². The first-order valence-corrected chi connectivity index (χ1v) is 20.8. The molecule has 1 nitrogen and oxygen atoms in total. The molecule has 0 bridgehead atoms. The van der Waals surface area contributed by atoms with E-state index in [1.54, 1.807) is 0 Å². The molecule has 1 heteroatoms. The summed E-state index contributed by atoms with van der Waals surface area (Å²) in [5.74, 6) is 0.147. The predicted octanol–water partition coefficient (Wildman–Crippen LogP) is 15.3. The molecule has 0 fully saturated rings. The number of rotatable bonds is 5. The van der Waals surface area contributed by atoms with Gasteiger partial charge >= 0.3 is 0 Å². The molecule has 0 aromatic heterocycles. The molecule has 9 aromatic rings. The quantitative estimate of drug-likeness (QED) is 0.169. The van der Waals surface area contributed by atoms with Gasteiger partial charge in [0.2, 0.25) is 0 Å². The number of nitrogens with zero attached hydrogens (tertiary/aromatic N) is 1. The highest BCUT2D eigenvalue weighted by atomic mass is 15.2. The van der Waals surface area contributed by atoms with Crippen LogP contribution in [-0.2, 0) is 0 Å². The van der Waals surface area contributed by atoms with Crippen molar-refractivity contribution in [3.8, 4) is 44.5 Å². The number of hydrogen-bond donors (Lipinski definition) is 0. The maximum absolute atomic E-state index is 2.53. The van der Waals surface area contributed by atoms with Crippen LogP contribution in [-0.4, -0.2) is 6.04 Å². The zero-order valence-electron chi connectivity index (χ0n) is 32.3. The number of fused-ring (bicyclic) bond motifs is 7. The van der Waals surface area contributed by atoms with Gasteiger partial charge in [0, 0.05) is 17.3 Å². The predicted molar refractivity (Wildman–Crippen MR) is 249 cm³/mol. The fraction of sp³-hybridized carbons (Fsp3) is 0.0345. The summed E-state index contributed by atoms with van der Waals surface area (Å²) in [6.07, 6.45) is 12.0. The van der Waals surface area contributed by atoms with Crippen LogP contribution in [0.3, 0.4) is 0 Å². The average molecular weight is 748 g/mol. The third-order valence-electron chi connectivity index (χ3n) is 13.3. The van der Waals surface area contributed by atoms with E-state index in [1.165, 1.54) is 116 Å². The van der Waals surface area contributed by atoms with E-state index in [0.29, 0.717) is 0 Å². The first kappa shape index (κ1) is 32.6. The van der Waals surface area contributed by atoms with Crippen LogP contribution in [0.25, 0.3) is 82.4 Å². The first-order valence-electron chi connectivity index (χ1n) is 20.8. The second-order valence-corrected chi connectivity index (χ2v) is 16.2. The fourth-order valence-corrected chi connectivity index (χ4v) is 10.9. The Balaban J connectivity index is 1.05. The summed E-state index contributed by atoms with van der Waals surface area (Å²) in [6.45, 7) is 0. The van der Waals surface area contributed by atoms with Gasteiger partial charge in [-0.1, -0.05) is 188 Å².